The molecule has 2 N–H and O–H groups in total. The maximum Gasteiger partial charge on any atom is 0.317 e. The topological polar surface area (TPSA) is 71.4 Å². The molecule has 2 atom stereocenters. The number of nitriles is 1. The van der Waals surface area contributed by atoms with E-state index in [9.17, 15) is 4.79 Å². The van der Waals surface area contributed by atoms with Gasteiger partial charge >= 0.3 is 6.03 Å². The highest BCUT2D eigenvalue weighted by Crippen LogP contribution is 2.39. The Hall–Kier alpha value is -2.26. The van der Waals surface area contributed by atoms with E-state index in [0.717, 1.165) is 51.3 Å². The van der Waals surface area contributed by atoms with E-state index in [-0.39, 0.29) is 6.03 Å². The number of carbonyl (C=O) groups is 1. The zero-order valence-electron chi connectivity index (χ0n) is 19.3. The third-order valence-corrected chi connectivity index (χ3v) is 6.92. The van der Waals surface area contributed by atoms with E-state index in [1.807, 2.05) is 24.3 Å². The van der Waals surface area contributed by atoms with E-state index in [1.165, 1.54) is 32.1 Å². The van der Waals surface area contributed by atoms with Gasteiger partial charge in [0.2, 0.25) is 0 Å². The van der Waals surface area contributed by atoms with Gasteiger partial charge in [0.05, 0.1) is 11.6 Å². The first-order valence-electron chi connectivity index (χ1n) is 12.1. The summed E-state index contributed by atoms with van der Waals surface area (Å²) in [5.41, 5.74) is 1.76. The van der Waals surface area contributed by atoms with Gasteiger partial charge in [0.1, 0.15) is 0 Å². The van der Waals surface area contributed by atoms with Crippen LogP contribution in [0.15, 0.2) is 24.3 Å². The quantitative estimate of drug-likeness (QED) is 0.519. The molecule has 2 bridgehead atoms. The summed E-state index contributed by atoms with van der Waals surface area (Å²) in [6, 6.07) is 10.5. The minimum atomic E-state index is 0.140. The predicted octanol–water partition coefficient (Wildman–Crippen LogP) is 4.29. The molecule has 0 radical (unpaired) electrons. The first-order valence-corrected chi connectivity index (χ1v) is 12.1. The van der Waals surface area contributed by atoms with E-state index in [1.54, 1.807) is 0 Å². The summed E-state index contributed by atoms with van der Waals surface area (Å²) < 4.78 is 0. The lowest BCUT2D eigenvalue weighted by Gasteiger charge is -2.42. The fourth-order valence-corrected chi connectivity index (χ4v) is 5.31. The molecule has 1 aliphatic carbocycles. The number of benzene rings is 1. The first-order chi connectivity index (χ1) is 15.1. The maximum absolute atomic E-state index is 12.6. The van der Waals surface area contributed by atoms with Crippen molar-refractivity contribution in [2.24, 2.45) is 11.8 Å². The number of nitrogens with zero attached hydrogens (tertiary/aromatic N) is 3. The number of hydrogen-bond donors (Lipinski definition) is 2. The molecule has 2 amide bonds. The van der Waals surface area contributed by atoms with Crippen molar-refractivity contribution in [1.29, 1.82) is 5.26 Å². The van der Waals surface area contributed by atoms with Crippen molar-refractivity contribution >= 4 is 11.7 Å². The number of amides is 2. The van der Waals surface area contributed by atoms with E-state index < -0.39 is 0 Å². The monoisotopic (exact) mass is 425 g/mol. The molecule has 6 heteroatoms. The lowest BCUT2D eigenvalue weighted by Crippen LogP contribution is -2.55. The van der Waals surface area contributed by atoms with Crippen LogP contribution in [0.5, 0.6) is 0 Å². The van der Waals surface area contributed by atoms with E-state index in [4.69, 9.17) is 5.26 Å². The number of anilines is 1. The van der Waals surface area contributed by atoms with Gasteiger partial charge in [-0.25, -0.2) is 4.79 Å². The summed E-state index contributed by atoms with van der Waals surface area (Å²) in [4.78, 5) is 17.2. The van der Waals surface area contributed by atoms with Crippen LogP contribution in [0.25, 0.3) is 0 Å². The fourth-order valence-electron chi connectivity index (χ4n) is 5.31. The fraction of sp³-hybridized carbons (Fsp3) is 0.680. The smallest absolute Gasteiger partial charge is 0.317 e. The third kappa shape index (κ3) is 6.61. The van der Waals surface area contributed by atoms with Crippen molar-refractivity contribution in [3.05, 3.63) is 29.8 Å². The van der Waals surface area contributed by atoms with Crippen LogP contribution in [-0.4, -0.2) is 61.6 Å². The van der Waals surface area contributed by atoms with Crippen LogP contribution in [0.1, 0.15) is 57.4 Å². The number of hydrogen-bond acceptors (Lipinski definition) is 4. The maximum atomic E-state index is 12.6. The minimum absolute atomic E-state index is 0.140. The van der Waals surface area contributed by atoms with Gasteiger partial charge in [-0.3, -0.25) is 0 Å². The Balaban J connectivity index is 1.37. The predicted molar refractivity (Wildman–Crippen MR) is 126 cm³/mol. The summed E-state index contributed by atoms with van der Waals surface area (Å²) in [7, 11) is 2.25. The van der Waals surface area contributed by atoms with Crippen molar-refractivity contribution in [1.82, 2.24) is 15.1 Å². The Kier molecular flexibility index (Phi) is 9.02. The van der Waals surface area contributed by atoms with Gasteiger partial charge in [0, 0.05) is 37.9 Å². The summed E-state index contributed by atoms with van der Waals surface area (Å²) in [5, 5.41) is 15.5. The molecule has 3 rings (SSSR count). The van der Waals surface area contributed by atoms with Crippen LogP contribution >= 0.6 is 0 Å². The van der Waals surface area contributed by atoms with Crippen molar-refractivity contribution in [3.63, 3.8) is 0 Å². The summed E-state index contributed by atoms with van der Waals surface area (Å²) in [6.45, 7) is 6.79. The molecule has 1 heterocycles. The molecule has 2 aliphatic rings. The van der Waals surface area contributed by atoms with Crippen molar-refractivity contribution in [2.45, 2.75) is 57.9 Å². The number of unbranched alkanes of at least 4 members (excludes halogenated alkanes) is 3. The second-order valence-corrected chi connectivity index (χ2v) is 9.24. The molecular formula is C25H39N5O. The second kappa shape index (κ2) is 12.0. The van der Waals surface area contributed by atoms with Crippen LogP contribution in [0, 0.1) is 23.2 Å². The van der Waals surface area contributed by atoms with Gasteiger partial charge in [-0.15, -0.1) is 0 Å². The summed E-state index contributed by atoms with van der Waals surface area (Å²) in [5.74, 6) is 1.20. The molecule has 1 saturated heterocycles. The Morgan fingerprint density at radius 2 is 1.81 bits per heavy atom. The highest BCUT2D eigenvalue weighted by Gasteiger charge is 2.44. The molecule has 1 aromatic rings. The normalized spacial score (nSPS) is 22.4. The lowest BCUT2D eigenvalue weighted by atomic mass is 9.91. The SMILES string of the molecule is CCCCCCNC(=O)N1CC2CCC(C1)C2N(C)CCCNc1ccc(C#N)cc1. The molecule has 2 fully saturated rings. The highest BCUT2D eigenvalue weighted by molar-refractivity contribution is 5.74. The third-order valence-electron chi connectivity index (χ3n) is 6.92. The van der Waals surface area contributed by atoms with Gasteiger partial charge in [-0.05, 0) is 75.4 Å². The molecule has 170 valence electrons. The van der Waals surface area contributed by atoms with Crippen molar-refractivity contribution in [3.8, 4) is 6.07 Å². The van der Waals surface area contributed by atoms with Gasteiger partial charge in [-0.2, -0.15) is 5.26 Å². The molecule has 0 spiro atoms. The number of urea groups is 1. The average Bonchev–Trinajstić information content (AvgIpc) is 3.06. The summed E-state index contributed by atoms with van der Waals surface area (Å²) >= 11 is 0. The standard InChI is InChI=1S/C25H39N5O/c1-3-4-5-6-14-28-25(31)30-18-21-10-11-22(19-30)24(21)29(2)16-7-15-27-23-12-8-20(17-26)9-13-23/h8-9,12-13,21-22,24,27H,3-7,10-11,14-16,18-19H2,1-2H3,(H,28,31). The molecule has 2 unspecified atom stereocenters. The van der Waals surface area contributed by atoms with Gasteiger partial charge < -0.3 is 20.4 Å². The Labute approximate surface area is 188 Å². The van der Waals surface area contributed by atoms with E-state index in [2.05, 4.69) is 40.5 Å². The number of piperidine rings is 1. The summed E-state index contributed by atoms with van der Waals surface area (Å²) in [6.07, 6.45) is 8.32. The van der Waals surface area contributed by atoms with Crippen LogP contribution < -0.4 is 10.6 Å². The van der Waals surface area contributed by atoms with E-state index in [0.29, 0.717) is 23.4 Å². The molecule has 6 nitrogen and oxygen atoms in total. The Morgan fingerprint density at radius 1 is 1.10 bits per heavy atom. The Bertz CT molecular complexity index is 714. The molecule has 0 aromatic heterocycles. The second-order valence-electron chi connectivity index (χ2n) is 9.24. The zero-order valence-corrected chi connectivity index (χ0v) is 19.3. The van der Waals surface area contributed by atoms with Crippen molar-refractivity contribution in [2.75, 3.05) is 45.1 Å². The van der Waals surface area contributed by atoms with Crippen LogP contribution in [0.4, 0.5) is 10.5 Å². The highest BCUT2D eigenvalue weighted by atomic mass is 16.2. The minimum Gasteiger partial charge on any atom is -0.385 e. The van der Waals surface area contributed by atoms with Gasteiger partial charge in [0.15, 0.2) is 0 Å². The number of rotatable bonds is 11. The Morgan fingerprint density at radius 3 is 2.45 bits per heavy atom. The average molecular weight is 426 g/mol. The molecular weight excluding hydrogens is 386 g/mol. The first kappa shape index (κ1) is 23.4. The molecule has 31 heavy (non-hydrogen) atoms. The van der Waals surface area contributed by atoms with Gasteiger partial charge in [0.25, 0.3) is 0 Å². The van der Waals surface area contributed by atoms with Gasteiger partial charge in [-0.1, -0.05) is 26.2 Å². The van der Waals surface area contributed by atoms with Crippen LogP contribution in [-0.2, 0) is 0 Å². The number of nitrogens with one attached hydrogen (secondary N) is 2. The number of likely N-dealkylation sites (tertiary alicyclic amines) is 1. The van der Waals surface area contributed by atoms with E-state index >= 15 is 0 Å². The van der Waals surface area contributed by atoms with Crippen LogP contribution in [0.3, 0.4) is 0 Å². The number of carbonyl (C=O) groups excluding carboxylic acids is 1. The zero-order chi connectivity index (χ0) is 22.1. The van der Waals surface area contributed by atoms with Crippen molar-refractivity contribution < 1.29 is 4.79 Å². The molecule has 1 saturated carbocycles. The molecule has 1 aromatic carbocycles. The lowest BCUT2D eigenvalue weighted by molar-refractivity contribution is 0.0762. The largest absolute Gasteiger partial charge is 0.385 e. The number of fused-ring (bicyclic) bond motifs is 2. The van der Waals surface area contributed by atoms with Crippen LogP contribution in [0.2, 0.25) is 0 Å². The molecule has 1 aliphatic heterocycles.